The topological polar surface area (TPSA) is 21.3 Å². The predicted molar refractivity (Wildman–Crippen MR) is 77.8 cm³/mol. The molecule has 1 aliphatic rings. The van der Waals surface area contributed by atoms with Crippen molar-refractivity contribution in [1.29, 1.82) is 0 Å². The van der Waals surface area contributed by atoms with Crippen molar-refractivity contribution in [3.8, 4) is 11.1 Å². The van der Waals surface area contributed by atoms with Crippen molar-refractivity contribution in [2.45, 2.75) is 19.1 Å². The zero-order valence-electron chi connectivity index (χ0n) is 11.9. The molecular formula is C17H16F3NO. The van der Waals surface area contributed by atoms with Crippen LogP contribution < -0.4 is 5.32 Å². The van der Waals surface area contributed by atoms with Gasteiger partial charge in [-0.1, -0.05) is 18.2 Å². The predicted octanol–water partition coefficient (Wildman–Crippen LogP) is 3.65. The van der Waals surface area contributed by atoms with E-state index in [-0.39, 0.29) is 18.3 Å². The van der Waals surface area contributed by atoms with Gasteiger partial charge in [0, 0.05) is 12.1 Å². The van der Waals surface area contributed by atoms with Crippen LogP contribution in [0.3, 0.4) is 0 Å². The van der Waals surface area contributed by atoms with E-state index in [4.69, 9.17) is 4.74 Å². The standard InChI is InChI=1S/C17H16F3NO/c18-12-4-5-14(15-2-1-3-16(19)17(15)20)11(8-12)10-22-13-6-7-21-9-13/h1-5,8,13,21H,6-7,9-10H2/t13-/m0/s1. The van der Waals surface area contributed by atoms with E-state index in [2.05, 4.69) is 5.32 Å². The lowest BCUT2D eigenvalue weighted by Crippen LogP contribution is -2.16. The van der Waals surface area contributed by atoms with Crippen LogP contribution in [-0.2, 0) is 11.3 Å². The van der Waals surface area contributed by atoms with Gasteiger partial charge in [-0.05, 0) is 42.3 Å². The zero-order chi connectivity index (χ0) is 15.5. The van der Waals surface area contributed by atoms with Crippen LogP contribution in [0.15, 0.2) is 36.4 Å². The Bertz CT molecular complexity index is 669. The first-order valence-electron chi connectivity index (χ1n) is 7.20. The van der Waals surface area contributed by atoms with Crippen molar-refractivity contribution in [3.05, 3.63) is 59.4 Å². The van der Waals surface area contributed by atoms with Crippen LogP contribution in [0.4, 0.5) is 13.2 Å². The zero-order valence-corrected chi connectivity index (χ0v) is 11.9. The molecule has 0 aliphatic carbocycles. The highest BCUT2D eigenvalue weighted by molar-refractivity contribution is 5.68. The average molecular weight is 307 g/mol. The maximum absolute atomic E-state index is 14.0. The Balaban J connectivity index is 1.91. The van der Waals surface area contributed by atoms with Gasteiger partial charge in [0.1, 0.15) is 5.82 Å². The molecule has 1 fully saturated rings. The summed E-state index contributed by atoms with van der Waals surface area (Å²) < 4.78 is 46.6. The summed E-state index contributed by atoms with van der Waals surface area (Å²) in [4.78, 5) is 0. The summed E-state index contributed by atoms with van der Waals surface area (Å²) in [6.07, 6.45) is 0.951. The first kappa shape index (κ1) is 15.1. The maximum atomic E-state index is 14.0. The molecule has 1 atom stereocenters. The number of halogens is 3. The number of benzene rings is 2. The van der Waals surface area contributed by atoms with Crippen LogP contribution in [0.5, 0.6) is 0 Å². The molecule has 2 aromatic carbocycles. The van der Waals surface area contributed by atoms with Crippen molar-refractivity contribution in [1.82, 2.24) is 5.32 Å². The molecule has 1 heterocycles. The lowest BCUT2D eigenvalue weighted by Gasteiger charge is -2.14. The fraction of sp³-hybridized carbons (Fsp3) is 0.294. The molecular weight excluding hydrogens is 291 g/mol. The second-order valence-electron chi connectivity index (χ2n) is 5.33. The summed E-state index contributed by atoms with van der Waals surface area (Å²) in [6, 6.07) is 7.97. The van der Waals surface area contributed by atoms with E-state index in [9.17, 15) is 13.2 Å². The van der Waals surface area contributed by atoms with E-state index in [0.717, 1.165) is 25.6 Å². The van der Waals surface area contributed by atoms with E-state index < -0.39 is 17.5 Å². The molecule has 0 bridgehead atoms. The maximum Gasteiger partial charge on any atom is 0.166 e. The highest BCUT2D eigenvalue weighted by Crippen LogP contribution is 2.29. The lowest BCUT2D eigenvalue weighted by atomic mass is 9.99. The number of hydrogen-bond donors (Lipinski definition) is 1. The molecule has 0 aromatic heterocycles. The Labute approximate surface area is 126 Å². The highest BCUT2D eigenvalue weighted by Gasteiger charge is 2.18. The minimum atomic E-state index is -0.933. The monoisotopic (exact) mass is 307 g/mol. The molecule has 0 unspecified atom stereocenters. The Hall–Kier alpha value is -1.85. The van der Waals surface area contributed by atoms with Gasteiger partial charge in [-0.25, -0.2) is 13.2 Å². The fourth-order valence-corrected chi connectivity index (χ4v) is 2.63. The van der Waals surface area contributed by atoms with Gasteiger partial charge >= 0.3 is 0 Å². The minimum absolute atomic E-state index is 0.0634. The van der Waals surface area contributed by atoms with Crippen molar-refractivity contribution >= 4 is 0 Å². The van der Waals surface area contributed by atoms with Gasteiger partial charge in [0.05, 0.1) is 12.7 Å². The van der Waals surface area contributed by atoms with Gasteiger partial charge in [0.25, 0.3) is 0 Å². The van der Waals surface area contributed by atoms with Gasteiger partial charge in [0.2, 0.25) is 0 Å². The molecule has 3 rings (SSSR count). The van der Waals surface area contributed by atoms with E-state index in [1.165, 1.54) is 30.3 Å². The molecule has 1 saturated heterocycles. The Morgan fingerprint density at radius 3 is 2.73 bits per heavy atom. The van der Waals surface area contributed by atoms with Crippen molar-refractivity contribution < 1.29 is 17.9 Å². The quantitative estimate of drug-likeness (QED) is 0.931. The second kappa shape index (κ2) is 6.50. The molecule has 22 heavy (non-hydrogen) atoms. The molecule has 0 amide bonds. The van der Waals surface area contributed by atoms with Gasteiger partial charge in [-0.2, -0.15) is 0 Å². The van der Waals surface area contributed by atoms with Gasteiger partial charge < -0.3 is 10.1 Å². The first-order valence-corrected chi connectivity index (χ1v) is 7.20. The summed E-state index contributed by atoms with van der Waals surface area (Å²) >= 11 is 0. The number of rotatable bonds is 4. The van der Waals surface area contributed by atoms with Crippen LogP contribution in [0.25, 0.3) is 11.1 Å². The summed E-state index contributed by atoms with van der Waals surface area (Å²) in [5.74, 6) is -2.28. The van der Waals surface area contributed by atoms with Crippen molar-refractivity contribution in [2.24, 2.45) is 0 Å². The Morgan fingerprint density at radius 1 is 1.09 bits per heavy atom. The SMILES string of the molecule is Fc1ccc(-c2cccc(F)c2F)c(CO[C@H]2CCNC2)c1. The molecule has 2 aromatic rings. The van der Waals surface area contributed by atoms with Crippen LogP contribution in [-0.4, -0.2) is 19.2 Å². The van der Waals surface area contributed by atoms with E-state index in [1.807, 2.05) is 0 Å². The third kappa shape index (κ3) is 3.15. The van der Waals surface area contributed by atoms with Crippen LogP contribution in [0.1, 0.15) is 12.0 Å². The third-order valence-electron chi connectivity index (χ3n) is 3.80. The van der Waals surface area contributed by atoms with Gasteiger partial charge in [-0.3, -0.25) is 0 Å². The van der Waals surface area contributed by atoms with Crippen molar-refractivity contribution in [3.63, 3.8) is 0 Å². The van der Waals surface area contributed by atoms with Gasteiger partial charge in [-0.15, -0.1) is 0 Å². The first-order chi connectivity index (χ1) is 10.6. The summed E-state index contributed by atoms with van der Waals surface area (Å²) in [5.41, 5.74) is 1.07. The fourth-order valence-electron chi connectivity index (χ4n) is 2.63. The number of ether oxygens (including phenoxy) is 1. The second-order valence-corrected chi connectivity index (χ2v) is 5.33. The molecule has 1 N–H and O–H groups in total. The summed E-state index contributed by atoms with van der Waals surface area (Å²) in [7, 11) is 0. The number of hydrogen-bond acceptors (Lipinski definition) is 2. The minimum Gasteiger partial charge on any atom is -0.372 e. The molecule has 116 valence electrons. The number of nitrogens with one attached hydrogen (secondary N) is 1. The highest BCUT2D eigenvalue weighted by atomic mass is 19.2. The molecule has 0 radical (unpaired) electrons. The Morgan fingerprint density at radius 2 is 1.95 bits per heavy atom. The van der Waals surface area contributed by atoms with Gasteiger partial charge in [0.15, 0.2) is 11.6 Å². The largest absolute Gasteiger partial charge is 0.372 e. The van der Waals surface area contributed by atoms with E-state index >= 15 is 0 Å². The molecule has 0 saturated carbocycles. The molecule has 0 spiro atoms. The van der Waals surface area contributed by atoms with Crippen LogP contribution in [0.2, 0.25) is 0 Å². The molecule has 2 nitrogen and oxygen atoms in total. The normalized spacial score (nSPS) is 17.9. The van der Waals surface area contributed by atoms with Crippen LogP contribution in [0, 0.1) is 17.5 Å². The average Bonchev–Trinajstić information content (AvgIpc) is 3.02. The Kier molecular flexibility index (Phi) is 4.45. The molecule has 1 aliphatic heterocycles. The van der Waals surface area contributed by atoms with E-state index in [0.29, 0.717) is 11.1 Å². The van der Waals surface area contributed by atoms with E-state index in [1.54, 1.807) is 0 Å². The van der Waals surface area contributed by atoms with Crippen molar-refractivity contribution in [2.75, 3.05) is 13.1 Å². The lowest BCUT2D eigenvalue weighted by molar-refractivity contribution is 0.0543. The summed E-state index contributed by atoms with van der Waals surface area (Å²) in [6.45, 7) is 1.80. The third-order valence-corrected chi connectivity index (χ3v) is 3.80. The smallest absolute Gasteiger partial charge is 0.166 e. The summed E-state index contributed by atoms with van der Waals surface area (Å²) in [5, 5.41) is 3.17. The molecule has 5 heteroatoms. The van der Waals surface area contributed by atoms with Crippen LogP contribution >= 0.6 is 0 Å².